The average Bonchev–Trinajstić information content (AvgIpc) is 3.27. The lowest BCUT2D eigenvalue weighted by molar-refractivity contribution is 0.112. The fraction of sp³-hybridized carbons (Fsp3) is 0.0476. The lowest BCUT2D eigenvalue weighted by Crippen LogP contribution is -2.22. The molecule has 0 saturated heterocycles. The predicted molar refractivity (Wildman–Crippen MR) is 115 cm³/mol. The average molecular weight is 434 g/mol. The van der Waals surface area contributed by atoms with Gasteiger partial charge in [-0.3, -0.25) is 14.3 Å². The van der Waals surface area contributed by atoms with Crippen LogP contribution in [-0.2, 0) is 16.6 Å². The summed E-state index contributed by atoms with van der Waals surface area (Å²) in [6, 6.07) is 17.0. The molecule has 0 atom stereocenters. The molecule has 2 aromatic carbocycles. The van der Waals surface area contributed by atoms with Gasteiger partial charge in [0.15, 0.2) is 5.82 Å². The highest BCUT2D eigenvalue weighted by Crippen LogP contribution is 2.27. The molecule has 31 heavy (non-hydrogen) atoms. The van der Waals surface area contributed by atoms with Crippen molar-refractivity contribution in [3.63, 3.8) is 0 Å². The van der Waals surface area contributed by atoms with E-state index in [1.807, 2.05) is 15.5 Å². The fourth-order valence-corrected chi connectivity index (χ4v) is 3.62. The number of nitrogens with zero attached hydrogens (tertiary/aromatic N) is 5. The molecule has 0 amide bonds. The Morgan fingerprint density at radius 3 is 2.52 bits per heavy atom. The Kier molecular flexibility index (Phi) is 5.56. The van der Waals surface area contributed by atoms with Crippen molar-refractivity contribution in [3.05, 3.63) is 90.4 Å². The predicted octanol–water partition coefficient (Wildman–Crippen LogP) is 2.46. The van der Waals surface area contributed by atoms with Crippen molar-refractivity contribution < 1.29 is 13.2 Å². The van der Waals surface area contributed by atoms with Crippen LogP contribution in [0.3, 0.4) is 0 Å². The minimum atomic E-state index is -3.77. The highest BCUT2D eigenvalue weighted by atomic mass is 32.2. The molecule has 0 saturated carbocycles. The van der Waals surface area contributed by atoms with Crippen LogP contribution in [0.4, 0.5) is 11.8 Å². The minimum Gasteiger partial charge on any atom is -0.298 e. The van der Waals surface area contributed by atoms with Gasteiger partial charge in [-0.15, -0.1) is 5.10 Å². The molecule has 4 rings (SSSR count). The smallest absolute Gasteiger partial charge is 0.238 e. The molecule has 0 radical (unpaired) electrons. The number of imidazole rings is 1. The number of carbonyl (C=O) groups is 1. The van der Waals surface area contributed by atoms with Crippen molar-refractivity contribution in [3.8, 4) is 5.69 Å². The summed E-state index contributed by atoms with van der Waals surface area (Å²) < 4.78 is 24.9. The molecule has 0 aliphatic heterocycles. The number of carbonyl (C=O) groups excluding carboxylic acids is 1. The van der Waals surface area contributed by atoms with E-state index in [0.29, 0.717) is 23.9 Å². The molecule has 0 fully saturated rings. The number of aldehydes is 1. The van der Waals surface area contributed by atoms with E-state index in [4.69, 9.17) is 5.14 Å². The van der Waals surface area contributed by atoms with Crippen molar-refractivity contribution in [2.24, 2.45) is 5.14 Å². The number of nitrogens with two attached hydrogens (primary N) is 1. The topological polar surface area (TPSA) is 124 Å². The SMILES string of the molecule is NS(=O)(=O)c1ccc(CN(c2cccnn2)c2nccn2-c2cccc(C=O)c2)cc1. The molecule has 4 aromatic rings. The zero-order valence-corrected chi connectivity index (χ0v) is 17.1. The van der Waals surface area contributed by atoms with E-state index in [9.17, 15) is 13.2 Å². The molecular weight excluding hydrogens is 416 g/mol. The summed E-state index contributed by atoms with van der Waals surface area (Å²) in [6.07, 6.45) is 5.79. The standard InChI is InChI=1S/C21H18N6O3S/c22-31(29,30)19-8-6-16(7-9-19)14-27(20-5-2-10-24-25-20)21-23-11-12-26(21)18-4-1-3-17(13-18)15-28/h1-13,15H,14H2,(H2,22,29,30). The molecule has 0 unspecified atom stereocenters. The van der Waals surface area contributed by atoms with Gasteiger partial charge < -0.3 is 0 Å². The van der Waals surface area contributed by atoms with Crippen LogP contribution < -0.4 is 10.0 Å². The van der Waals surface area contributed by atoms with E-state index in [-0.39, 0.29) is 4.90 Å². The van der Waals surface area contributed by atoms with Gasteiger partial charge >= 0.3 is 0 Å². The number of rotatable bonds is 7. The molecule has 2 heterocycles. The molecular formula is C21H18N6O3S. The lowest BCUT2D eigenvalue weighted by Gasteiger charge is -2.23. The van der Waals surface area contributed by atoms with Gasteiger partial charge in [-0.05, 0) is 42.0 Å². The van der Waals surface area contributed by atoms with Crippen LogP contribution in [0.25, 0.3) is 5.69 Å². The van der Waals surface area contributed by atoms with Crippen LogP contribution in [0.15, 0.2) is 84.1 Å². The first-order valence-electron chi connectivity index (χ1n) is 9.21. The highest BCUT2D eigenvalue weighted by molar-refractivity contribution is 7.89. The van der Waals surface area contributed by atoms with Crippen LogP contribution in [0.5, 0.6) is 0 Å². The number of sulfonamides is 1. The third-order valence-corrected chi connectivity index (χ3v) is 5.50. The second-order valence-electron chi connectivity index (χ2n) is 6.67. The first-order valence-corrected chi connectivity index (χ1v) is 10.8. The van der Waals surface area contributed by atoms with Gasteiger partial charge in [0.25, 0.3) is 0 Å². The van der Waals surface area contributed by atoms with E-state index >= 15 is 0 Å². The molecule has 0 aliphatic rings. The molecule has 0 aliphatic carbocycles. The van der Waals surface area contributed by atoms with Gasteiger partial charge in [0.1, 0.15) is 6.29 Å². The third-order valence-electron chi connectivity index (χ3n) is 4.57. The van der Waals surface area contributed by atoms with E-state index in [1.54, 1.807) is 61.1 Å². The Balaban J connectivity index is 1.76. The molecule has 156 valence electrons. The molecule has 0 spiro atoms. The highest BCUT2D eigenvalue weighted by Gasteiger charge is 2.19. The summed E-state index contributed by atoms with van der Waals surface area (Å²) >= 11 is 0. The number of aromatic nitrogens is 4. The van der Waals surface area contributed by atoms with Crippen molar-refractivity contribution in [2.45, 2.75) is 11.4 Å². The summed E-state index contributed by atoms with van der Waals surface area (Å²) in [4.78, 5) is 17.6. The summed E-state index contributed by atoms with van der Waals surface area (Å²) in [5.74, 6) is 1.11. The Hall–Kier alpha value is -3.89. The van der Waals surface area contributed by atoms with Crippen LogP contribution in [-0.4, -0.2) is 34.5 Å². The maximum absolute atomic E-state index is 11.5. The number of primary sulfonamides is 1. The van der Waals surface area contributed by atoms with Gasteiger partial charge in [-0.25, -0.2) is 18.5 Å². The molecule has 10 heteroatoms. The summed E-state index contributed by atoms with van der Waals surface area (Å²) in [5.41, 5.74) is 2.12. The minimum absolute atomic E-state index is 0.0366. The lowest BCUT2D eigenvalue weighted by atomic mass is 10.2. The van der Waals surface area contributed by atoms with Gasteiger partial charge in [-0.1, -0.05) is 24.3 Å². The molecule has 2 N–H and O–H groups in total. The Bertz CT molecular complexity index is 1300. The number of benzene rings is 2. The van der Waals surface area contributed by atoms with Crippen LogP contribution in [0.2, 0.25) is 0 Å². The monoisotopic (exact) mass is 434 g/mol. The maximum atomic E-state index is 11.5. The zero-order valence-electron chi connectivity index (χ0n) is 16.2. The third kappa shape index (κ3) is 4.49. The van der Waals surface area contributed by atoms with E-state index in [2.05, 4.69) is 15.2 Å². The Labute approximate surface area is 178 Å². The Morgan fingerprint density at radius 1 is 1.03 bits per heavy atom. The van der Waals surface area contributed by atoms with E-state index in [0.717, 1.165) is 17.5 Å². The van der Waals surface area contributed by atoms with Crippen LogP contribution in [0.1, 0.15) is 15.9 Å². The number of anilines is 2. The van der Waals surface area contributed by atoms with Gasteiger partial charge in [0.05, 0.1) is 11.4 Å². The van der Waals surface area contributed by atoms with Crippen LogP contribution in [0, 0.1) is 0 Å². The first kappa shape index (κ1) is 20.4. The van der Waals surface area contributed by atoms with Crippen LogP contribution >= 0.6 is 0 Å². The quantitative estimate of drug-likeness (QED) is 0.443. The zero-order chi connectivity index (χ0) is 21.8. The molecule has 9 nitrogen and oxygen atoms in total. The first-order chi connectivity index (χ1) is 15.0. The number of hydrogen-bond donors (Lipinski definition) is 1. The van der Waals surface area contributed by atoms with Crippen molar-refractivity contribution in [1.82, 2.24) is 19.7 Å². The van der Waals surface area contributed by atoms with Crippen molar-refractivity contribution in [2.75, 3.05) is 4.90 Å². The normalized spacial score (nSPS) is 11.3. The summed E-state index contributed by atoms with van der Waals surface area (Å²) in [6.45, 7) is 0.341. The van der Waals surface area contributed by atoms with E-state index < -0.39 is 10.0 Å². The van der Waals surface area contributed by atoms with Gasteiger partial charge in [-0.2, -0.15) is 5.10 Å². The summed E-state index contributed by atoms with van der Waals surface area (Å²) in [5, 5.41) is 13.4. The number of hydrogen-bond acceptors (Lipinski definition) is 7. The second-order valence-corrected chi connectivity index (χ2v) is 8.23. The second kappa shape index (κ2) is 8.46. The maximum Gasteiger partial charge on any atom is 0.238 e. The molecule has 2 aromatic heterocycles. The van der Waals surface area contributed by atoms with Gasteiger partial charge in [0, 0.05) is 29.8 Å². The van der Waals surface area contributed by atoms with Gasteiger partial charge in [0.2, 0.25) is 16.0 Å². The molecule has 0 bridgehead atoms. The summed E-state index contributed by atoms with van der Waals surface area (Å²) in [7, 11) is -3.77. The Morgan fingerprint density at radius 2 is 1.84 bits per heavy atom. The van der Waals surface area contributed by atoms with E-state index in [1.165, 1.54) is 12.1 Å². The van der Waals surface area contributed by atoms with Crippen molar-refractivity contribution >= 4 is 28.1 Å². The van der Waals surface area contributed by atoms with Crippen molar-refractivity contribution in [1.29, 1.82) is 0 Å². The fourth-order valence-electron chi connectivity index (χ4n) is 3.10. The largest absolute Gasteiger partial charge is 0.298 e.